The van der Waals surface area contributed by atoms with Crippen LogP contribution in [0.4, 0.5) is 0 Å². The zero-order chi connectivity index (χ0) is 21.3. The van der Waals surface area contributed by atoms with Gasteiger partial charge in [-0.05, 0) is 31.0 Å². The molecule has 156 valence electrons. The largest absolute Gasteiger partial charge is 0.355 e. The number of hydrogen-bond acceptors (Lipinski definition) is 5. The Bertz CT molecular complexity index is 1000. The fourth-order valence-corrected chi connectivity index (χ4v) is 3.60. The second-order valence-electron chi connectivity index (χ2n) is 6.88. The molecule has 2 aromatic carbocycles. The Morgan fingerprint density at radius 2 is 1.83 bits per heavy atom. The van der Waals surface area contributed by atoms with Crippen LogP contribution in [0, 0.1) is 6.92 Å². The van der Waals surface area contributed by atoms with Crippen LogP contribution in [0.5, 0.6) is 0 Å². The van der Waals surface area contributed by atoms with Gasteiger partial charge in [-0.25, -0.2) is 0 Å². The number of amides is 2. The Morgan fingerprint density at radius 1 is 1.03 bits per heavy atom. The zero-order valence-corrected chi connectivity index (χ0v) is 17.9. The second kappa shape index (κ2) is 10.6. The summed E-state index contributed by atoms with van der Waals surface area (Å²) in [7, 11) is 1.82. The molecule has 0 bridgehead atoms. The Labute approximate surface area is 180 Å². The van der Waals surface area contributed by atoms with Crippen LogP contribution in [0.2, 0.25) is 0 Å². The summed E-state index contributed by atoms with van der Waals surface area (Å²) < 4.78 is 1.79. The van der Waals surface area contributed by atoms with Crippen LogP contribution in [-0.4, -0.2) is 38.9 Å². The van der Waals surface area contributed by atoms with Gasteiger partial charge in [-0.2, -0.15) is 0 Å². The average molecular weight is 424 g/mol. The minimum absolute atomic E-state index is 0.0479. The van der Waals surface area contributed by atoms with E-state index in [1.165, 1.54) is 17.3 Å². The van der Waals surface area contributed by atoms with Crippen molar-refractivity contribution >= 4 is 23.6 Å². The lowest BCUT2D eigenvalue weighted by Gasteiger charge is -2.07. The van der Waals surface area contributed by atoms with Crippen LogP contribution in [-0.2, 0) is 24.8 Å². The molecule has 0 spiro atoms. The van der Waals surface area contributed by atoms with Crippen molar-refractivity contribution < 1.29 is 9.59 Å². The van der Waals surface area contributed by atoms with E-state index in [1.54, 1.807) is 10.6 Å². The molecule has 8 heteroatoms. The molecule has 2 amide bonds. The molecule has 0 unspecified atom stereocenters. The number of hydrogen-bond donors (Lipinski definition) is 2. The Kier molecular flexibility index (Phi) is 7.62. The third-order valence-corrected chi connectivity index (χ3v) is 5.54. The molecule has 1 aromatic heterocycles. The summed E-state index contributed by atoms with van der Waals surface area (Å²) in [5.41, 5.74) is 2.83. The first-order chi connectivity index (χ1) is 14.5. The highest BCUT2D eigenvalue weighted by Crippen LogP contribution is 2.15. The molecule has 0 aliphatic rings. The molecule has 0 aliphatic heterocycles. The molecule has 0 saturated heterocycles. The number of thioether (sulfide) groups is 1. The Hall–Kier alpha value is -3.13. The fourth-order valence-electron chi connectivity index (χ4n) is 2.84. The van der Waals surface area contributed by atoms with Gasteiger partial charge in [0.15, 0.2) is 11.0 Å². The Balaban J connectivity index is 1.43. The van der Waals surface area contributed by atoms with Gasteiger partial charge in [-0.3, -0.25) is 9.59 Å². The van der Waals surface area contributed by atoms with E-state index >= 15 is 0 Å². The molecule has 0 atom stereocenters. The summed E-state index contributed by atoms with van der Waals surface area (Å²) in [6.07, 6.45) is 0.798. The molecule has 7 nitrogen and oxygen atoms in total. The van der Waals surface area contributed by atoms with Gasteiger partial charge in [0.2, 0.25) is 5.91 Å². The van der Waals surface area contributed by atoms with Crippen molar-refractivity contribution in [2.75, 3.05) is 12.3 Å². The molecule has 3 aromatic rings. The summed E-state index contributed by atoms with van der Waals surface area (Å²) in [6, 6.07) is 17.4. The van der Waals surface area contributed by atoms with E-state index in [0.29, 0.717) is 23.1 Å². The van der Waals surface area contributed by atoms with Gasteiger partial charge in [-0.1, -0.05) is 59.8 Å². The molecule has 1 heterocycles. The van der Waals surface area contributed by atoms with Gasteiger partial charge in [0.1, 0.15) is 0 Å². The smallest absolute Gasteiger partial charge is 0.251 e. The number of carbonyl (C=O) groups excluding carboxylic acids is 2. The van der Waals surface area contributed by atoms with Crippen molar-refractivity contribution in [3.63, 3.8) is 0 Å². The topological polar surface area (TPSA) is 88.9 Å². The monoisotopic (exact) mass is 423 g/mol. The molecule has 2 N–H and O–H groups in total. The fraction of sp³-hybridized carbons (Fsp3) is 0.273. The van der Waals surface area contributed by atoms with Crippen LogP contribution in [0.3, 0.4) is 0 Å². The summed E-state index contributed by atoms with van der Waals surface area (Å²) in [5, 5.41) is 14.7. The van der Waals surface area contributed by atoms with Gasteiger partial charge in [0.25, 0.3) is 5.91 Å². The highest BCUT2D eigenvalue weighted by molar-refractivity contribution is 7.99. The van der Waals surface area contributed by atoms with Crippen LogP contribution < -0.4 is 10.6 Å². The second-order valence-corrected chi connectivity index (χ2v) is 7.83. The van der Waals surface area contributed by atoms with E-state index in [1.807, 2.05) is 62.5 Å². The minimum atomic E-state index is -0.159. The first kappa shape index (κ1) is 21.6. The number of nitrogens with zero attached hydrogens (tertiary/aromatic N) is 3. The number of benzene rings is 2. The highest BCUT2D eigenvalue weighted by atomic mass is 32.2. The Morgan fingerprint density at radius 3 is 2.60 bits per heavy atom. The van der Waals surface area contributed by atoms with E-state index in [4.69, 9.17) is 0 Å². The van der Waals surface area contributed by atoms with Crippen molar-refractivity contribution in [1.82, 2.24) is 25.4 Å². The summed E-state index contributed by atoms with van der Waals surface area (Å²) >= 11 is 1.32. The molecular formula is C22H25N5O2S. The lowest BCUT2D eigenvalue weighted by molar-refractivity contribution is -0.118. The molecular weight excluding hydrogens is 398 g/mol. The number of carbonyl (C=O) groups is 2. The summed E-state index contributed by atoms with van der Waals surface area (Å²) in [6.45, 7) is 2.80. The van der Waals surface area contributed by atoms with E-state index in [2.05, 4.69) is 20.8 Å². The average Bonchev–Trinajstić information content (AvgIpc) is 3.10. The lowest BCUT2D eigenvalue weighted by Crippen LogP contribution is -2.27. The predicted molar refractivity (Wildman–Crippen MR) is 117 cm³/mol. The molecule has 0 saturated carbocycles. The van der Waals surface area contributed by atoms with Crippen LogP contribution in [0.15, 0.2) is 59.8 Å². The van der Waals surface area contributed by atoms with Gasteiger partial charge in [0.05, 0.1) is 12.3 Å². The molecule has 0 radical (unpaired) electrons. The third-order valence-electron chi connectivity index (χ3n) is 4.52. The van der Waals surface area contributed by atoms with Crippen molar-refractivity contribution in [2.45, 2.75) is 25.0 Å². The quantitative estimate of drug-likeness (QED) is 0.516. The van der Waals surface area contributed by atoms with E-state index in [0.717, 1.165) is 12.0 Å². The van der Waals surface area contributed by atoms with Gasteiger partial charge in [0, 0.05) is 19.2 Å². The highest BCUT2D eigenvalue weighted by Gasteiger charge is 2.13. The number of rotatable bonds is 9. The van der Waals surface area contributed by atoms with Crippen LogP contribution in [0.25, 0.3) is 0 Å². The van der Waals surface area contributed by atoms with Crippen molar-refractivity contribution in [3.05, 3.63) is 77.1 Å². The maximum atomic E-state index is 12.3. The molecule has 0 aliphatic carbocycles. The summed E-state index contributed by atoms with van der Waals surface area (Å²) in [5.74, 6) is 0.682. The molecule has 3 rings (SSSR count). The van der Waals surface area contributed by atoms with E-state index in [-0.39, 0.29) is 24.1 Å². The predicted octanol–water partition coefficient (Wildman–Crippen LogP) is 2.50. The van der Waals surface area contributed by atoms with Crippen molar-refractivity contribution in [1.29, 1.82) is 0 Å². The number of aryl methyl sites for hydroxylation is 1. The van der Waals surface area contributed by atoms with Crippen molar-refractivity contribution in [2.24, 2.45) is 7.05 Å². The third kappa shape index (κ3) is 6.18. The zero-order valence-electron chi connectivity index (χ0n) is 17.1. The first-order valence-corrected chi connectivity index (χ1v) is 10.7. The van der Waals surface area contributed by atoms with Crippen molar-refractivity contribution in [3.8, 4) is 0 Å². The maximum absolute atomic E-state index is 12.3. The van der Waals surface area contributed by atoms with Gasteiger partial charge in [-0.15, -0.1) is 10.2 Å². The number of nitrogens with one attached hydrogen (secondary N) is 2. The molecule has 30 heavy (non-hydrogen) atoms. The van der Waals surface area contributed by atoms with Gasteiger partial charge < -0.3 is 15.2 Å². The minimum Gasteiger partial charge on any atom is -0.355 e. The van der Waals surface area contributed by atoms with E-state index < -0.39 is 0 Å². The molecule has 0 fully saturated rings. The number of aromatic nitrogens is 3. The van der Waals surface area contributed by atoms with Gasteiger partial charge >= 0.3 is 0 Å². The normalized spacial score (nSPS) is 10.6. The SMILES string of the molecule is Cc1cccc(C(=O)NCc2nnc(SCC(=O)NCCc3ccccc3)n2C)c1. The first-order valence-electron chi connectivity index (χ1n) is 9.69. The van der Waals surface area contributed by atoms with Crippen LogP contribution in [0.1, 0.15) is 27.3 Å². The maximum Gasteiger partial charge on any atom is 0.251 e. The standard InChI is InChI=1S/C22H25N5O2S/c1-16-7-6-10-18(13-16)21(29)24-14-19-25-26-22(27(19)2)30-15-20(28)23-12-11-17-8-4-3-5-9-17/h3-10,13H,11-12,14-15H2,1-2H3,(H,23,28)(H,24,29). The van der Waals surface area contributed by atoms with E-state index in [9.17, 15) is 9.59 Å². The summed E-state index contributed by atoms with van der Waals surface area (Å²) in [4.78, 5) is 24.4. The lowest BCUT2D eigenvalue weighted by atomic mass is 10.1. The van der Waals surface area contributed by atoms with Crippen LogP contribution >= 0.6 is 11.8 Å².